The molecule has 0 spiro atoms. The van der Waals surface area contributed by atoms with Crippen LogP contribution in [0.4, 0.5) is 0 Å². The number of carbonyl (C=O) groups excluding carboxylic acids is 1. The van der Waals surface area contributed by atoms with Crippen molar-refractivity contribution in [2.45, 2.75) is 13.5 Å². The van der Waals surface area contributed by atoms with Gasteiger partial charge in [-0.15, -0.1) is 17.9 Å². The first kappa shape index (κ1) is 14.2. The van der Waals surface area contributed by atoms with Gasteiger partial charge in [-0.3, -0.25) is 4.79 Å². The predicted octanol–water partition coefficient (Wildman–Crippen LogP) is 2.33. The van der Waals surface area contributed by atoms with Gasteiger partial charge in [-0.05, 0) is 24.4 Å². The molecule has 104 valence electrons. The molecule has 5 nitrogen and oxygen atoms in total. The standard InChI is InChI=1S/C14H14N2O3S/c1-3-7-16-13(17)10(14(18)19-4-2)9-11(15-16)12-6-5-8-20-12/h3,5-6,8-9H,1,4,7H2,2H3. The lowest BCUT2D eigenvalue weighted by molar-refractivity contribution is 0.0523. The third kappa shape index (κ3) is 2.85. The van der Waals surface area contributed by atoms with Gasteiger partial charge >= 0.3 is 5.97 Å². The highest BCUT2D eigenvalue weighted by atomic mass is 32.1. The first-order valence-corrected chi connectivity index (χ1v) is 6.99. The Kier molecular flexibility index (Phi) is 4.47. The zero-order valence-corrected chi connectivity index (χ0v) is 11.9. The van der Waals surface area contributed by atoms with Gasteiger partial charge in [-0.1, -0.05) is 12.1 Å². The Labute approximate surface area is 120 Å². The average molecular weight is 290 g/mol. The van der Waals surface area contributed by atoms with Crippen molar-refractivity contribution in [1.82, 2.24) is 9.78 Å². The fourth-order valence-corrected chi connectivity index (χ4v) is 2.37. The maximum Gasteiger partial charge on any atom is 0.343 e. The quantitative estimate of drug-likeness (QED) is 0.626. The van der Waals surface area contributed by atoms with E-state index < -0.39 is 11.5 Å². The molecular weight excluding hydrogens is 276 g/mol. The molecule has 2 rings (SSSR count). The Hall–Kier alpha value is -2.21. The van der Waals surface area contributed by atoms with Crippen molar-refractivity contribution >= 4 is 17.3 Å². The summed E-state index contributed by atoms with van der Waals surface area (Å²) in [4.78, 5) is 24.9. The Balaban J connectivity index is 2.58. The molecule has 0 saturated carbocycles. The minimum Gasteiger partial charge on any atom is -0.462 e. The highest BCUT2D eigenvalue weighted by Crippen LogP contribution is 2.22. The number of ether oxygens (including phenoxy) is 1. The van der Waals surface area contributed by atoms with Gasteiger partial charge in [0.25, 0.3) is 5.56 Å². The minimum absolute atomic E-state index is 0.00731. The molecule has 2 aromatic rings. The second kappa shape index (κ2) is 6.29. The summed E-state index contributed by atoms with van der Waals surface area (Å²) < 4.78 is 6.13. The SMILES string of the molecule is C=CCn1nc(-c2cccs2)cc(C(=O)OCC)c1=O. The molecule has 0 fully saturated rings. The molecule has 0 N–H and O–H groups in total. The molecular formula is C14H14N2O3S. The number of carbonyl (C=O) groups is 1. The molecule has 2 heterocycles. The topological polar surface area (TPSA) is 61.2 Å². The molecule has 0 aliphatic heterocycles. The van der Waals surface area contributed by atoms with E-state index in [-0.39, 0.29) is 18.7 Å². The van der Waals surface area contributed by atoms with Crippen molar-refractivity contribution in [3.05, 3.63) is 52.2 Å². The van der Waals surface area contributed by atoms with Crippen LogP contribution >= 0.6 is 11.3 Å². The molecule has 0 saturated heterocycles. The van der Waals surface area contributed by atoms with Crippen LogP contribution in [0.5, 0.6) is 0 Å². The van der Waals surface area contributed by atoms with Gasteiger partial charge in [-0.2, -0.15) is 5.10 Å². The molecule has 0 aromatic carbocycles. The molecule has 0 aliphatic carbocycles. The average Bonchev–Trinajstić information content (AvgIpc) is 2.95. The van der Waals surface area contributed by atoms with Crippen molar-refractivity contribution in [2.24, 2.45) is 0 Å². The van der Waals surface area contributed by atoms with E-state index in [4.69, 9.17) is 4.74 Å². The zero-order valence-electron chi connectivity index (χ0n) is 11.0. The molecule has 0 radical (unpaired) electrons. The summed E-state index contributed by atoms with van der Waals surface area (Å²) >= 11 is 1.49. The lowest BCUT2D eigenvalue weighted by atomic mass is 10.2. The largest absolute Gasteiger partial charge is 0.462 e. The van der Waals surface area contributed by atoms with Crippen LogP contribution in [0.2, 0.25) is 0 Å². The number of nitrogens with zero attached hydrogens (tertiary/aromatic N) is 2. The molecule has 6 heteroatoms. The predicted molar refractivity (Wildman–Crippen MR) is 78.0 cm³/mol. The van der Waals surface area contributed by atoms with E-state index in [2.05, 4.69) is 11.7 Å². The number of allylic oxidation sites excluding steroid dienone is 1. The van der Waals surface area contributed by atoms with E-state index in [0.29, 0.717) is 5.69 Å². The lowest BCUT2D eigenvalue weighted by Crippen LogP contribution is -2.29. The van der Waals surface area contributed by atoms with Crippen LogP contribution in [0.3, 0.4) is 0 Å². The van der Waals surface area contributed by atoms with E-state index >= 15 is 0 Å². The fourth-order valence-electron chi connectivity index (χ4n) is 1.69. The molecule has 0 atom stereocenters. The smallest absolute Gasteiger partial charge is 0.343 e. The van der Waals surface area contributed by atoms with Gasteiger partial charge in [0.05, 0.1) is 18.0 Å². The van der Waals surface area contributed by atoms with Crippen LogP contribution in [0.25, 0.3) is 10.6 Å². The van der Waals surface area contributed by atoms with Gasteiger partial charge in [0.2, 0.25) is 0 Å². The highest BCUT2D eigenvalue weighted by molar-refractivity contribution is 7.13. The summed E-state index contributed by atoms with van der Waals surface area (Å²) in [6.07, 6.45) is 1.56. The number of rotatable bonds is 5. The number of hydrogen-bond donors (Lipinski definition) is 0. The van der Waals surface area contributed by atoms with Crippen LogP contribution in [-0.2, 0) is 11.3 Å². The molecule has 20 heavy (non-hydrogen) atoms. The normalized spacial score (nSPS) is 10.2. The van der Waals surface area contributed by atoms with Gasteiger partial charge in [0.15, 0.2) is 0 Å². The van der Waals surface area contributed by atoms with Gasteiger partial charge in [0, 0.05) is 0 Å². The molecule has 0 unspecified atom stereocenters. The highest BCUT2D eigenvalue weighted by Gasteiger charge is 2.17. The maximum atomic E-state index is 12.2. The van der Waals surface area contributed by atoms with Crippen molar-refractivity contribution < 1.29 is 9.53 Å². The minimum atomic E-state index is -0.629. The Morgan fingerprint density at radius 2 is 2.40 bits per heavy atom. The van der Waals surface area contributed by atoms with Crippen molar-refractivity contribution in [2.75, 3.05) is 6.61 Å². The molecule has 0 amide bonds. The zero-order chi connectivity index (χ0) is 14.5. The van der Waals surface area contributed by atoms with Crippen LogP contribution in [0.15, 0.2) is 41.0 Å². The fraction of sp³-hybridized carbons (Fsp3) is 0.214. The van der Waals surface area contributed by atoms with Gasteiger partial charge in [-0.25, -0.2) is 9.48 Å². The monoisotopic (exact) mass is 290 g/mol. The maximum absolute atomic E-state index is 12.2. The third-order valence-corrected chi connectivity index (χ3v) is 3.44. The van der Waals surface area contributed by atoms with Crippen LogP contribution in [0, 0.1) is 0 Å². The second-order valence-corrected chi connectivity index (χ2v) is 4.86. The first-order valence-electron chi connectivity index (χ1n) is 6.11. The van der Waals surface area contributed by atoms with E-state index in [1.165, 1.54) is 22.1 Å². The van der Waals surface area contributed by atoms with Gasteiger partial charge < -0.3 is 4.74 Å². The summed E-state index contributed by atoms with van der Waals surface area (Å²) in [5.41, 5.74) is 0.0975. The molecule has 2 aromatic heterocycles. The first-order chi connectivity index (χ1) is 9.67. The van der Waals surface area contributed by atoms with Gasteiger partial charge in [0.1, 0.15) is 11.3 Å². The van der Waals surface area contributed by atoms with Crippen LogP contribution in [0.1, 0.15) is 17.3 Å². The second-order valence-electron chi connectivity index (χ2n) is 3.92. The Morgan fingerprint density at radius 3 is 3.00 bits per heavy atom. The molecule has 0 bridgehead atoms. The lowest BCUT2D eigenvalue weighted by Gasteiger charge is -2.07. The van der Waals surface area contributed by atoms with E-state index in [1.54, 1.807) is 13.0 Å². The van der Waals surface area contributed by atoms with E-state index in [0.717, 1.165) is 4.88 Å². The number of esters is 1. The summed E-state index contributed by atoms with van der Waals surface area (Å²) in [6, 6.07) is 5.24. The number of hydrogen-bond acceptors (Lipinski definition) is 5. The number of thiophene rings is 1. The van der Waals surface area contributed by atoms with E-state index in [1.807, 2.05) is 17.5 Å². The van der Waals surface area contributed by atoms with Crippen molar-refractivity contribution in [3.63, 3.8) is 0 Å². The third-order valence-electron chi connectivity index (χ3n) is 2.55. The van der Waals surface area contributed by atoms with Crippen LogP contribution in [-0.4, -0.2) is 22.4 Å². The Morgan fingerprint density at radius 1 is 1.60 bits per heavy atom. The summed E-state index contributed by atoms with van der Waals surface area (Å²) in [5, 5.41) is 6.15. The van der Waals surface area contributed by atoms with Crippen molar-refractivity contribution in [3.8, 4) is 10.6 Å². The summed E-state index contributed by atoms with van der Waals surface area (Å²) in [6.45, 7) is 5.74. The van der Waals surface area contributed by atoms with Crippen molar-refractivity contribution in [1.29, 1.82) is 0 Å². The van der Waals surface area contributed by atoms with Crippen LogP contribution < -0.4 is 5.56 Å². The van der Waals surface area contributed by atoms with E-state index in [9.17, 15) is 9.59 Å². The summed E-state index contributed by atoms with van der Waals surface area (Å²) in [7, 11) is 0. The number of aromatic nitrogens is 2. The molecule has 0 aliphatic rings. The summed E-state index contributed by atoms with van der Waals surface area (Å²) in [5.74, 6) is -0.629. The Bertz CT molecular complexity index is 674.